The number of amides is 2. The lowest BCUT2D eigenvalue weighted by Crippen LogP contribution is -2.62. The molecule has 0 fully saturated rings. The van der Waals surface area contributed by atoms with E-state index in [1.807, 2.05) is 26.0 Å². The molecule has 1 aliphatic rings. The van der Waals surface area contributed by atoms with E-state index >= 15 is 0 Å². The molecule has 0 saturated heterocycles. The van der Waals surface area contributed by atoms with E-state index < -0.39 is 41.5 Å². The molecular weight excluding hydrogens is 407 g/mol. The number of carbonyl (C=O) groups excluding carboxylic acids is 2. The van der Waals surface area contributed by atoms with Gasteiger partial charge in [0, 0.05) is 12.8 Å². The zero-order valence-electron chi connectivity index (χ0n) is 18.2. The zero-order chi connectivity index (χ0) is 23.6. The first-order valence-electron chi connectivity index (χ1n) is 10.4. The minimum atomic E-state index is -1.95. The second kappa shape index (κ2) is 12.3. The summed E-state index contributed by atoms with van der Waals surface area (Å²) in [6, 6.07) is 0. The predicted octanol–water partition coefficient (Wildman–Crippen LogP) is -0.406. The van der Waals surface area contributed by atoms with Crippen molar-refractivity contribution in [3.63, 3.8) is 0 Å². The lowest BCUT2D eigenvalue weighted by Gasteiger charge is -2.32. The number of nitrogens with two attached hydrogens (primary N) is 1. The number of hydrazine groups is 1. The zero-order valence-corrected chi connectivity index (χ0v) is 18.2. The molecule has 0 bridgehead atoms. The van der Waals surface area contributed by atoms with Crippen LogP contribution in [0.4, 0.5) is 0 Å². The molecule has 174 valence electrons. The van der Waals surface area contributed by atoms with Gasteiger partial charge in [0.2, 0.25) is 11.6 Å². The van der Waals surface area contributed by atoms with Crippen molar-refractivity contribution < 1.29 is 24.7 Å². The van der Waals surface area contributed by atoms with Crippen LogP contribution < -0.4 is 21.8 Å². The van der Waals surface area contributed by atoms with E-state index in [1.165, 1.54) is 0 Å². The molecule has 0 spiro atoms. The molecule has 1 aliphatic carbocycles. The number of carbonyl (C=O) groups is 2. The van der Waals surface area contributed by atoms with Gasteiger partial charge in [-0.05, 0) is 31.1 Å². The third kappa shape index (κ3) is 8.93. The highest BCUT2D eigenvalue weighted by Gasteiger charge is 2.42. The summed E-state index contributed by atoms with van der Waals surface area (Å²) in [5, 5.41) is 34.2. The van der Waals surface area contributed by atoms with Crippen LogP contribution in [0.15, 0.2) is 17.1 Å². The summed E-state index contributed by atoms with van der Waals surface area (Å²) in [5.74, 6) is -2.95. The van der Waals surface area contributed by atoms with Gasteiger partial charge in [0.1, 0.15) is 0 Å². The molecule has 0 saturated carbocycles. The lowest BCUT2D eigenvalue weighted by atomic mass is 9.74. The molecule has 0 aromatic rings. The number of rotatable bonds is 12. The monoisotopic (exact) mass is 440 g/mol. The van der Waals surface area contributed by atoms with Gasteiger partial charge in [-0.2, -0.15) is 0 Å². The highest BCUT2D eigenvalue weighted by molar-refractivity contribution is 6.43. The summed E-state index contributed by atoms with van der Waals surface area (Å²) < 4.78 is 0. The van der Waals surface area contributed by atoms with Gasteiger partial charge in [-0.1, -0.05) is 44.8 Å². The summed E-state index contributed by atoms with van der Waals surface area (Å²) in [4.78, 5) is 40.6. The SMILES string of the molecule is CCC[C@](N=C(N)N[N+](=O)[O-])(NC(=O)CC1C=CCC1)C(=O)N[C@@H](CC(C)C)B(O)O. The van der Waals surface area contributed by atoms with Crippen LogP contribution in [0.1, 0.15) is 59.3 Å². The average Bonchev–Trinajstić information content (AvgIpc) is 3.12. The van der Waals surface area contributed by atoms with E-state index in [0.717, 1.165) is 12.8 Å². The molecule has 1 unspecified atom stereocenters. The fourth-order valence-electron chi connectivity index (χ4n) is 3.49. The van der Waals surface area contributed by atoms with E-state index in [-0.39, 0.29) is 31.1 Å². The standard InChI is InChI=1S/C18H33BN6O6/c1-4-9-18(23-17(20)24-25(30)31,22-15(26)11-13-7-5-6-8-13)16(27)21-14(19(28)29)10-12(2)3/h5,7,12-14,28-29H,4,6,8-11H2,1-3H3,(H,21,27)(H,22,26)(H3,20,23,24)/t13?,14-,18+/m0/s1. The van der Waals surface area contributed by atoms with Crippen molar-refractivity contribution in [2.75, 3.05) is 0 Å². The van der Waals surface area contributed by atoms with Gasteiger partial charge < -0.3 is 26.4 Å². The van der Waals surface area contributed by atoms with Gasteiger partial charge in [0.05, 0.1) is 5.94 Å². The molecule has 0 aromatic heterocycles. The first-order chi connectivity index (χ1) is 14.5. The van der Waals surface area contributed by atoms with Crippen molar-refractivity contribution >= 4 is 24.9 Å². The largest absolute Gasteiger partial charge is 0.475 e. The Morgan fingerprint density at radius 3 is 2.58 bits per heavy atom. The van der Waals surface area contributed by atoms with Crippen molar-refractivity contribution in [3.05, 3.63) is 22.3 Å². The number of allylic oxidation sites excluding steroid dienone is 2. The number of nitrogens with one attached hydrogen (secondary N) is 3. The molecule has 0 heterocycles. The quantitative estimate of drug-likeness (QED) is 0.0589. The van der Waals surface area contributed by atoms with Gasteiger partial charge in [-0.25, -0.2) is 15.1 Å². The van der Waals surface area contributed by atoms with Crippen LogP contribution >= 0.6 is 0 Å². The summed E-state index contributed by atoms with van der Waals surface area (Å²) in [6.07, 6.45) is 6.30. The van der Waals surface area contributed by atoms with Crippen molar-refractivity contribution in [2.24, 2.45) is 22.6 Å². The van der Waals surface area contributed by atoms with Gasteiger partial charge in [-0.15, -0.1) is 0 Å². The summed E-state index contributed by atoms with van der Waals surface area (Å²) in [7, 11) is -1.84. The van der Waals surface area contributed by atoms with Crippen LogP contribution in [0.2, 0.25) is 0 Å². The van der Waals surface area contributed by atoms with Gasteiger partial charge in [0.15, 0.2) is 5.03 Å². The Bertz CT molecular complexity index is 701. The maximum absolute atomic E-state index is 13.2. The molecule has 1 rings (SSSR count). The third-order valence-electron chi connectivity index (χ3n) is 4.81. The van der Waals surface area contributed by atoms with Crippen LogP contribution in [-0.2, 0) is 9.59 Å². The number of nitrogens with zero attached hydrogens (tertiary/aromatic N) is 2. The first kappa shape index (κ1) is 26.4. The highest BCUT2D eigenvalue weighted by Crippen LogP contribution is 2.22. The molecule has 7 N–H and O–H groups in total. The van der Waals surface area contributed by atoms with Crippen LogP contribution in [0.25, 0.3) is 0 Å². The Balaban J connectivity index is 3.22. The van der Waals surface area contributed by atoms with E-state index in [4.69, 9.17) is 5.73 Å². The van der Waals surface area contributed by atoms with E-state index in [2.05, 4.69) is 15.6 Å². The van der Waals surface area contributed by atoms with Crippen molar-refractivity contribution in [3.8, 4) is 0 Å². The maximum Gasteiger partial charge on any atom is 0.475 e. The number of aliphatic imine (C=N–C) groups is 1. The molecule has 3 atom stereocenters. The minimum absolute atomic E-state index is 0.0128. The predicted molar refractivity (Wildman–Crippen MR) is 116 cm³/mol. The number of hydrogen-bond acceptors (Lipinski definition) is 7. The van der Waals surface area contributed by atoms with E-state index in [0.29, 0.717) is 6.42 Å². The minimum Gasteiger partial charge on any atom is -0.426 e. The number of guanidine groups is 1. The van der Waals surface area contributed by atoms with Crippen molar-refractivity contribution in [2.45, 2.75) is 70.9 Å². The molecule has 0 aliphatic heterocycles. The topological polar surface area (TPSA) is 192 Å². The third-order valence-corrected chi connectivity index (χ3v) is 4.81. The van der Waals surface area contributed by atoms with E-state index in [1.54, 1.807) is 12.3 Å². The molecule has 0 radical (unpaired) electrons. The molecule has 0 aromatic carbocycles. The van der Waals surface area contributed by atoms with Crippen LogP contribution in [0.3, 0.4) is 0 Å². The smallest absolute Gasteiger partial charge is 0.426 e. The van der Waals surface area contributed by atoms with E-state index in [9.17, 15) is 29.8 Å². The molecule has 12 nitrogen and oxygen atoms in total. The van der Waals surface area contributed by atoms with Crippen LogP contribution in [0, 0.1) is 22.0 Å². The van der Waals surface area contributed by atoms with Crippen LogP contribution in [-0.4, -0.2) is 51.6 Å². The van der Waals surface area contributed by atoms with Crippen LogP contribution in [0.5, 0.6) is 0 Å². The summed E-state index contributed by atoms with van der Waals surface area (Å²) >= 11 is 0. The fourth-order valence-corrected chi connectivity index (χ4v) is 3.49. The Labute approximate surface area is 182 Å². The summed E-state index contributed by atoms with van der Waals surface area (Å²) in [5.41, 5.74) is 5.32. The Hall–Kier alpha value is -2.67. The molecule has 31 heavy (non-hydrogen) atoms. The van der Waals surface area contributed by atoms with Crippen molar-refractivity contribution in [1.82, 2.24) is 16.1 Å². The van der Waals surface area contributed by atoms with Gasteiger partial charge in [-0.3, -0.25) is 9.59 Å². The molecule has 13 heteroatoms. The second-order valence-electron chi connectivity index (χ2n) is 8.12. The van der Waals surface area contributed by atoms with Gasteiger partial charge >= 0.3 is 7.12 Å². The molecule has 2 amide bonds. The maximum atomic E-state index is 13.2. The van der Waals surface area contributed by atoms with Gasteiger partial charge in [0.25, 0.3) is 11.9 Å². The Morgan fingerprint density at radius 2 is 2.10 bits per heavy atom. The average molecular weight is 440 g/mol. The first-order valence-corrected chi connectivity index (χ1v) is 10.4. The number of hydrogen-bond donors (Lipinski definition) is 6. The fraction of sp³-hybridized carbons (Fsp3) is 0.722. The number of nitro groups is 1. The summed E-state index contributed by atoms with van der Waals surface area (Å²) in [6.45, 7) is 5.43. The highest BCUT2D eigenvalue weighted by atomic mass is 16.7. The molecular formula is C18H33BN6O6. The lowest BCUT2D eigenvalue weighted by molar-refractivity contribution is -0.525. The second-order valence-corrected chi connectivity index (χ2v) is 8.12. The Morgan fingerprint density at radius 1 is 1.42 bits per heavy atom. The normalized spacial score (nSPS) is 18.9. The Kier molecular flexibility index (Phi) is 10.4. The van der Waals surface area contributed by atoms with Crippen molar-refractivity contribution in [1.29, 1.82) is 0 Å².